The SMILES string of the molecule is CC(C)(C)c1cccc(C2(c3cccc(C(C)(C)C)c3)c3ccccc3-c3c(-c4ccc5c(c4)C4(c6ccccc6O5)c5ccccc5-c5ccccc54)cccc32)c1. The highest BCUT2D eigenvalue weighted by Crippen LogP contribution is 2.63. The molecule has 59 heavy (non-hydrogen) atoms. The first kappa shape index (κ1) is 35.7. The molecule has 0 fully saturated rings. The number of hydrogen-bond acceptors (Lipinski definition) is 1. The standard InChI is InChI=1S/C58H48O/c1-55(2,3)38-18-15-20-40(35-38)57(41-21-16-19-39(36-41)56(4,5)6)48-28-12-9-24-45(48)54-42(25-17-30-50(54)57)37-32-33-53-51(34-37)58(49-29-13-14-31-52(49)59-53)46-26-10-7-22-43(46)44-23-8-11-27-47(44)58/h7-36H,1-6H3. The lowest BCUT2D eigenvalue weighted by molar-refractivity contribution is 0.436. The van der Waals surface area contributed by atoms with Crippen LogP contribution in [0.4, 0.5) is 0 Å². The maximum absolute atomic E-state index is 6.86. The van der Waals surface area contributed by atoms with Gasteiger partial charge in [0.05, 0.1) is 10.8 Å². The monoisotopic (exact) mass is 760 g/mol. The molecule has 1 nitrogen and oxygen atoms in total. The lowest BCUT2D eigenvalue weighted by atomic mass is 9.65. The third kappa shape index (κ3) is 4.91. The van der Waals surface area contributed by atoms with Gasteiger partial charge in [-0.05, 0) is 107 Å². The maximum Gasteiger partial charge on any atom is 0.132 e. The molecule has 0 unspecified atom stereocenters. The van der Waals surface area contributed by atoms with E-state index in [1.54, 1.807) is 0 Å². The molecular weight excluding hydrogens is 713 g/mol. The molecule has 1 aliphatic heterocycles. The molecule has 286 valence electrons. The van der Waals surface area contributed by atoms with E-state index < -0.39 is 10.8 Å². The van der Waals surface area contributed by atoms with E-state index in [9.17, 15) is 0 Å². The van der Waals surface area contributed by atoms with E-state index in [-0.39, 0.29) is 10.8 Å². The first-order chi connectivity index (χ1) is 28.5. The van der Waals surface area contributed by atoms with E-state index in [1.807, 2.05) is 0 Å². The Balaban J connectivity index is 1.21. The molecule has 0 bridgehead atoms. The molecule has 0 saturated carbocycles. The topological polar surface area (TPSA) is 9.23 Å². The average Bonchev–Trinajstić information content (AvgIpc) is 3.72. The molecule has 0 aromatic heterocycles. The molecule has 1 heterocycles. The van der Waals surface area contributed by atoms with Crippen LogP contribution >= 0.6 is 0 Å². The predicted molar refractivity (Wildman–Crippen MR) is 244 cm³/mol. The Morgan fingerprint density at radius 1 is 0.339 bits per heavy atom. The van der Waals surface area contributed by atoms with E-state index in [0.29, 0.717) is 0 Å². The van der Waals surface area contributed by atoms with Crippen molar-refractivity contribution < 1.29 is 4.74 Å². The Morgan fingerprint density at radius 3 is 1.39 bits per heavy atom. The highest BCUT2D eigenvalue weighted by Gasteiger charge is 2.52. The van der Waals surface area contributed by atoms with Gasteiger partial charge in [-0.25, -0.2) is 0 Å². The molecule has 1 spiro atoms. The van der Waals surface area contributed by atoms with Gasteiger partial charge in [-0.1, -0.05) is 205 Å². The zero-order chi connectivity index (χ0) is 40.3. The number of hydrogen-bond donors (Lipinski definition) is 0. The summed E-state index contributed by atoms with van der Waals surface area (Å²) in [5, 5.41) is 0. The normalized spacial score (nSPS) is 15.0. The largest absolute Gasteiger partial charge is 0.457 e. The van der Waals surface area contributed by atoms with Crippen molar-refractivity contribution in [3.8, 4) is 44.9 Å². The fourth-order valence-electron chi connectivity index (χ4n) is 10.8. The van der Waals surface area contributed by atoms with Gasteiger partial charge in [0.25, 0.3) is 0 Å². The second-order valence-electron chi connectivity index (χ2n) is 18.8. The molecule has 0 amide bonds. The molecule has 3 aliphatic rings. The Hall–Kier alpha value is -6.44. The summed E-state index contributed by atoms with van der Waals surface area (Å²) in [5.41, 5.74) is 19.3. The summed E-state index contributed by atoms with van der Waals surface area (Å²) in [6.45, 7) is 13.9. The molecular formula is C58H48O. The highest BCUT2D eigenvalue weighted by atomic mass is 16.5. The Labute approximate surface area is 349 Å². The summed E-state index contributed by atoms with van der Waals surface area (Å²) in [7, 11) is 0. The van der Waals surface area contributed by atoms with Crippen molar-refractivity contribution >= 4 is 0 Å². The van der Waals surface area contributed by atoms with E-state index in [0.717, 1.165) is 11.5 Å². The van der Waals surface area contributed by atoms with Crippen molar-refractivity contribution in [2.24, 2.45) is 0 Å². The minimum atomic E-state index is -0.536. The third-order valence-corrected chi connectivity index (χ3v) is 13.5. The van der Waals surface area contributed by atoms with Gasteiger partial charge < -0.3 is 4.74 Å². The molecule has 11 rings (SSSR count). The van der Waals surface area contributed by atoms with Crippen LogP contribution in [0.15, 0.2) is 182 Å². The summed E-state index contributed by atoms with van der Waals surface area (Å²) in [4.78, 5) is 0. The van der Waals surface area contributed by atoms with Gasteiger partial charge in [-0.15, -0.1) is 0 Å². The Morgan fingerprint density at radius 2 is 0.797 bits per heavy atom. The second-order valence-corrected chi connectivity index (χ2v) is 18.8. The maximum atomic E-state index is 6.86. The summed E-state index contributed by atoms with van der Waals surface area (Å²) in [6.07, 6.45) is 0. The smallest absolute Gasteiger partial charge is 0.132 e. The molecule has 0 radical (unpaired) electrons. The minimum Gasteiger partial charge on any atom is -0.457 e. The van der Waals surface area contributed by atoms with Gasteiger partial charge in [0.15, 0.2) is 0 Å². The molecule has 1 heteroatoms. The third-order valence-electron chi connectivity index (χ3n) is 13.5. The number of rotatable bonds is 3. The van der Waals surface area contributed by atoms with Gasteiger partial charge in [0, 0.05) is 11.1 Å². The molecule has 2 aliphatic carbocycles. The highest BCUT2D eigenvalue weighted by molar-refractivity contribution is 5.96. The van der Waals surface area contributed by atoms with Gasteiger partial charge in [-0.3, -0.25) is 0 Å². The van der Waals surface area contributed by atoms with E-state index in [4.69, 9.17) is 4.74 Å². The van der Waals surface area contributed by atoms with E-state index in [1.165, 1.54) is 89.0 Å². The van der Waals surface area contributed by atoms with Crippen molar-refractivity contribution in [1.29, 1.82) is 0 Å². The van der Waals surface area contributed by atoms with Crippen LogP contribution in [0.5, 0.6) is 11.5 Å². The van der Waals surface area contributed by atoms with Gasteiger partial charge in [0.1, 0.15) is 11.5 Å². The lowest BCUT2D eigenvalue weighted by Gasteiger charge is -2.39. The van der Waals surface area contributed by atoms with E-state index >= 15 is 0 Å². The van der Waals surface area contributed by atoms with Crippen LogP contribution in [0, 0.1) is 0 Å². The summed E-state index contributed by atoms with van der Waals surface area (Å²) in [5.74, 6) is 1.81. The van der Waals surface area contributed by atoms with Crippen LogP contribution in [-0.2, 0) is 21.7 Å². The van der Waals surface area contributed by atoms with Crippen LogP contribution in [0.25, 0.3) is 33.4 Å². The molecule has 8 aromatic rings. The van der Waals surface area contributed by atoms with Gasteiger partial charge in [-0.2, -0.15) is 0 Å². The molecule has 0 atom stereocenters. The zero-order valence-corrected chi connectivity index (χ0v) is 34.7. The van der Waals surface area contributed by atoms with Gasteiger partial charge >= 0.3 is 0 Å². The van der Waals surface area contributed by atoms with Crippen molar-refractivity contribution in [2.45, 2.75) is 63.2 Å². The number of fused-ring (bicyclic) bond motifs is 12. The van der Waals surface area contributed by atoms with E-state index in [2.05, 4.69) is 224 Å². The summed E-state index contributed by atoms with van der Waals surface area (Å²) < 4.78 is 6.86. The quantitative estimate of drug-likeness (QED) is 0.174. The number of ether oxygens (including phenoxy) is 1. The second kappa shape index (κ2) is 12.5. The molecule has 8 aromatic carbocycles. The first-order valence-electron chi connectivity index (χ1n) is 21.1. The summed E-state index contributed by atoms with van der Waals surface area (Å²) >= 11 is 0. The van der Waals surface area contributed by atoms with Crippen molar-refractivity contribution in [1.82, 2.24) is 0 Å². The van der Waals surface area contributed by atoms with Crippen LogP contribution in [0.1, 0.15) is 97.2 Å². The fourth-order valence-corrected chi connectivity index (χ4v) is 10.8. The van der Waals surface area contributed by atoms with Crippen molar-refractivity contribution in [3.05, 3.63) is 238 Å². The van der Waals surface area contributed by atoms with Crippen LogP contribution in [0.2, 0.25) is 0 Å². The predicted octanol–water partition coefficient (Wildman–Crippen LogP) is 14.8. The zero-order valence-electron chi connectivity index (χ0n) is 34.7. The van der Waals surface area contributed by atoms with Crippen LogP contribution in [0.3, 0.4) is 0 Å². The summed E-state index contributed by atoms with van der Waals surface area (Å²) in [6, 6.07) is 68.6. The van der Waals surface area contributed by atoms with Crippen molar-refractivity contribution in [2.75, 3.05) is 0 Å². The van der Waals surface area contributed by atoms with Crippen molar-refractivity contribution in [3.63, 3.8) is 0 Å². The van der Waals surface area contributed by atoms with Crippen LogP contribution < -0.4 is 4.74 Å². The molecule has 0 saturated heterocycles. The number of para-hydroxylation sites is 1. The lowest BCUT2D eigenvalue weighted by Crippen LogP contribution is -2.32. The molecule has 0 N–H and O–H groups in total. The Kier molecular flexibility index (Phi) is 7.58. The average molecular weight is 761 g/mol. The fraction of sp³-hybridized carbons (Fsp3) is 0.172. The van der Waals surface area contributed by atoms with Gasteiger partial charge in [0.2, 0.25) is 0 Å². The van der Waals surface area contributed by atoms with Crippen LogP contribution in [-0.4, -0.2) is 0 Å². The number of benzene rings is 8. The first-order valence-corrected chi connectivity index (χ1v) is 21.1. The minimum absolute atomic E-state index is 0.00941. The Bertz CT molecular complexity index is 2900.